The van der Waals surface area contributed by atoms with E-state index < -0.39 is 43.2 Å². The zero-order chi connectivity index (χ0) is 25.7. The lowest BCUT2D eigenvalue weighted by molar-refractivity contribution is -0.261. The predicted molar refractivity (Wildman–Crippen MR) is 124 cm³/mol. The highest BCUT2D eigenvalue weighted by Gasteiger charge is 2.45. The van der Waals surface area contributed by atoms with Crippen LogP contribution in [0.1, 0.15) is 15.9 Å². The zero-order valence-corrected chi connectivity index (χ0v) is 20.6. The van der Waals surface area contributed by atoms with Crippen LogP contribution in [0.15, 0.2) is 24.4 Å². The number of amides is 1. The van der Waals surface area contributed by atoms with Gasteiger partial charge in [0, 0.05) is 24.4 Å². The van der Waals surface area contributed by atoms with Crippen LogP contribution in [0.25, 0.3) is 0 Å². The normalized spacial score (nSPS) is 24.1. The average Bonchev–Trinajstić information content (AvgIpc) is 2.85. The second-order valence-electron chi connectivity index (χ2n) is 7.55. The Morgan fingerprint density at radius 1 is 1.11 bits per heavy atom. The Balaban J connectivity index is 1.76. The molecule has 2 aromatic rings. The number of halogens is 2. The van der Waals surface area contributed by atoms with Crippen LogP contribution in [0.4, 0.5) is 0 Å². The van der Waals surface area contributed by atoms with Gasteiger partial charge in [-0.3, -0.25) is 4.79 Å². The number of aliphatic hydroxyl groups excluding tert-OH is 3. The number of benzene rings is 1. The topological polar surface area (TPSA) is 149 Å². The minimum absolute atomic E-state index is 0.0589. The Morgan fingerprint density at radius 2 is 1.86 bits per heavy atom. The Kier molecular flexibility index (Phi) is 9.36. The summed E-state index contributed by atoms with van der Waals surface area (Å²) in [6.07, 6.45) is -3.54. The van der Waals surface area contributed by atoms with Gasteiger partial charge in [0.15, 0.2) is 17.8 Å². The van der Waals surface area contributed by atoms with Gasteiger partial charge in [-0.2, -0.15) is 0 Å². The first-order chi connectivity index (χ1) is 16.7. The highest BCUT2D eigenvalue weighted by molar-refractivity contribution is 6.32. The van der Waals surface area contributed by atoms with Crippen LogP contribution in [0.3, 0.4) is 0 Å². The van der Waals surface area contributed by atoms with E-state index >= 15 is 0 Å². The molecule has 0 unspecified atom stereocenters. The summed E-state index contributed by atoms with van der Waals surface area (Å²) < 4.78 is 26.7. The third-order valence-corrected chi connectivity index (χ3v) is 5.89. The zero-order valence-electron chi connectivity index (χ0n) is 19.1. The molecule has 1 aromatic heterocycles. The Hall–Kier alpha value is -2.38. The molecule has 1 fully saturated rings. The molecule has 1 amide bonds. The number of carbonyl (C=O) groups is 1. The number of pyridine rings is 1. The van der Waals surface area contributed by atoms with Crippen LogP contribution >= 0.6 is 23.2 Å². The number of aliphatic hydroxyl groups is 3. The van der Waals surface area contributed by atoms with E-state index in [1.54, 1.807) is 6.07 Å². The number of nitrogens with zero attached hydrogens (tertiary/aromatic N) is 1. The first-order valence-corrected chi connectivity index (χ1v) is 11.1. The molecule has 1 aromatic carbocycles. The summed E-state index contributed by atoms with van der Waals surface area (Å²) in [6, 6.07) is 3.27. The number of ether oxygens (including phenoxy) is 5. The van der Waals surface area contributed by atoms with Gasteiger partial charge in [-0.1, -0.05) is 23.2 Å². The van der Waals surface area contributed by atoms with Gasteiger partial charge in [0.2, 0.25) is 5.88 Å². The number of nitrogens with one attached hydrogen (secondary N) is 1. The van der Waals surface area contributed by atoms with Gasteiger partial charge in [-0.25, -0.2) is 4.98 Å². The van der Waals surface area contributed by atoms with Gasteiger partial charge in [-0.05, 0) is 18.2 Å². The first kappa shape index (κ1) is 27.2. The maximum absolute atomic E-state index is 12.9. The van der Waals surface area contributed by atoms with E-state index in [9.17, 15) is 20.1 Å². The van der Waals surface area contributed by atoms with Crippen LogP contribution in [-0.4, -0.2) is 84.8 Å². The molecule has 13 heteroatoms. The number of hydrogen-bond donors (Lipinski definition) is 4. The lowest BCUT2D eigenvalue weighted by Crippen LogP contribution is -2.64. The molecule has 0 bridgehead atoms. The Labute approximate surface area is 211 Å². The van der Waals surface area contributed by atoms with E-state index in [-0.39, 0.29) is 34.6 Å². The van der Waals surface area contributed by atoms with Crippen molar-refractivity contribution < 1.29 is 43.8 Å². The van der Waals surface area contributed by atoms with E-state index in [1.165, 1.54) is 39.7 Å². The molecule has 1 aliphatic rings. The maximum atomic E-state index is 12.9. The van der Waals surface area contributed by atoms with E-state index in [0.29, 0.717) is 10.6 Å². The molecule has 3 rings (SSSR count). The smallest absolute Gasteiger partial charge is 0.251 e. The van der Waals surface area contributed by atoms with E-state index in [4.69, 9.17) is 46.9 Å². The number of carbonyl (C=O) groups excluding carboxylic acids is 1. The molecule has 1 saturated heterocycles. The second-order valence-corrected chi connectivity index (χ2v) is 8.37. The molecule has 0 radical (unpaired) electrons. The molecule has 4 N–H and O–H groups in total. The minimum atomic E-state index is -1.46. The monoisotopic (exact) mass is 532 g/mol. The van der Waals surface area contributed by atoms with Crippen molar-refractivity contribution in [2.45, 2.75) is 37.3 Å². The lowest BCUT2D eigenvalue weighted by Gasteiger charge is -2.41. The van der Waals surface area contributed by atoms with Crippen molar-refractivity contribution in [3.05, 3.63) is 45.6 Å². The van der Waals surface area contributed by atoms with Gasteiger partial charge in [0.1, 0.15) is 36.0 Å². The second kappa shape index (κ2) is 12.0. The molecule has 0 spiro atoms. The fourth-order valence-electron chi connectivity index (χ4n) is 3.51. The molecule has 11 nitrogen and oxygen atoms in total. The van der Waals surface area contributed by atoms with Gasteiger partial charge in [-0.15, -0.1) is 0 Å². The van der Waals surface area contributed by atoms with Gasteiger partial charge in [0.05, 0.1) is 25.8 Å². The Morgan fingerprint density at radius 3 is 2.46 bits per heavy atom. The van der Waals surface area contributed by atoms with Crippen molar-refractivity contribution in [2.75, 3.05) is 27.9 Å². The molecular weight excluding hydrogens is 507 g/mol. The number of methoxy groups -OCH3 is 3. The number of hydrogen-bond acceptors (Lipinski definition) is 10. The van der Waals surface area contributed by atoms with Crippen LogP contribution in [0.2, 0.25) is 10.0 Å². The fourth-order valence-corrected chi connectivity index (χ4v) is 4.04. The molecule has 2 heterocycles. The predicted octanol–water partition coefficient (Wildman–Crippen LogP) is 1.17. The Bertz CT molecular complexity index is 1040. The highest BCUT2D eigenvalue weighted by atomic mass is 35.5. The van der Waals surface area contributed by atoms with Crippen molar-refractivity contribution >= 4 is 29.1 Å². The number of rotatable bonds is 9. The van der Waals surface area contributed by atoms with E-state index in [0.717, 1.165) is 0 Å². The third-order valence-electron chi connectivity index (χ3n) is 5.34. The van der Waals surface area contributed by atoms with E-state index in [1.807, 2.05) is 0 Å². The summed E-state index contributed by atoms with van der Waals surface area (Å²) in [7, 11) is 4.15. The maximum Gasteiger partial charge on any atom is 0.251 e. The SMILES string of the molecule is COc1cc(C(=O)N[C@H]2[C@@H](OC)O[C@H](CO)[C@@H](O)[C@@H]2O)cc(Cl)c1OCc1cnc(OC)c(Cl)c1. The highest BCUT2D eigenvalue weighted by Crippen LogP contribution is 2.37. The summed E-state index contributed by atoms with van der Waals surface area (Å²) in [6.45, 7) is -0.477. The summed E-state index contributed by atoms with van der Waals surface area (Å²) in [5.41, 5.74) is 0.738. The number of aromatic nitrogens is 1. The van der Waals surface area contributed by atoms with Crippen molar-refractivity contribution in [2.24, 2.45) is 0 Å². The lowest BCUT2D eigenvalue weighted by atomic mass is 9.96. The van der Waals surface area contributed by atoms with Crippen molar-refractivity contribution in [1.29, 1.82) is 0 Å². The fraction of sp³-hybridized carbons (Fsp3) is 0.455. The largest absolute Gasteiger partial charge is 0.493 e. The van der Waals surface area contributed by atoms with Crippen molar-refractivity contribution in [3.8, 4) is 17.4 Å². The van der Waals surface area contributed by atoms with E-state index in [2.05, 4.69) is 10.3 Å². The average molecular weight is 533 g/mol. The first-order valence-electron chi connectivity index (χ1n) is 10.4. The minimum Gasteiger partial charge on any atom is -0.493 e. The van der Waals surface area contributed by atoms with Crippen LogP contribution in [0, 0.1) is 0 Å². The summed E-state index contributed by atoms with van der Waals surface area (Å²) in [4.78, 5) is 17.0. The molecule has 0 aliphatic carbocycles. The summed E-state index contributed by atoms with van der Waals surface area (Å²) in [5.74, 6) is 0.00577. The molecule has 0 saturated carbocycles. The van der Waals surface area contributed by atoms with Crippen LogP contribution < -0.4 is 19.5 Å². The molecule has 1 aliphatic heterocycles. The summed E-state index contributed by atoms with van der Waals surface area (Å²) >= 11 is 12.5. The molecule has 192 valence electrons. The van der Waals surface area contributed by atoms with Gasteiger partial charge < -0.3 is 44.3 Å². The van der Waals surface area contributed by atoms with Gasteiger partial charge >= 0.3 is 0 Å². The van der Waals surface area contributed by atoms with Crippen LogP contribution in [-0.2, 0) is 16.1 Å². The third kappa shape index (κ3) is 6.07. The molecule has 5 atom stereocenters. The standard InChI is InChI=1S/C22H26Cl2N2O9/c1-31-14-6-11(20(30)26-16-18(29)17(28)15(8-27)35-22(16)33-3)5-12(23)19(14)34-9-10-4-13(24)21(32-2)25-7-10/h4-7,15-18,22,27-29H,8-9H2,1-3H3,(H,26,30)/t15-,16-,17-,18-,22+/m1/s1. The van der Waals surface area contributed by atoms with Crippen LogP contribution in [0.5, 0.6) is 17.4 Å². The quantitative estimate of drug-likeness (QED) is 0.370. The van der Waals surface area contributed by atoms with Gasteiger partial charge in [0.25, 0.3) is 5.91 Å². The summed E-state index contributed by atoms with van der Waals surface area (Å²) in [5, 5.41) is 32.9. The molecule has 35 heavy (non-hydrogen) atoms. The van der Waals surface area contributed by atoms with Crippen molar-refractivity contribution in [3.63, 3.8) is 0 Å². The van der Waals surface area contributed by atoms with Crippen molar-refractivity contribution in [1.82, 2.24) is 10.3 Å². The molecular formula is C22H26Cl2N2O9.